The van der Waals surface area contributed by atoms with Crippen LogP contribution in [0.2, 0.25) is 0 Å². The minimum Gasteiger partial charge on any atom is -0.508 e. The summed E-state index contributed by atoms with van der Waals surface area (Å²) in [5, 5.41) is 9.86. The lowest BCUT2D eigenvalue weighted by molar-refractivity contribution is -0.111. The van der Waals surface area contributed by atoms with Crippen molar-refractivity contribution in [2.24, 2.45) is 4.99 Å². The van der Waals surface area contributed by atoms with Crippen molar-refractivity contribution in [2.75, 3.05) is 4.90 Å². The number of aromatic hydroxyl groups is 1. The molecule has 4 nitrogen and oxygen atoms in total. The molecule has 2 aliphatic rings. The second kappa shape index (κ2) is 6.67. The summed E-state index contributed by atoms with van der Waals surface area (Å²) in [6.45, 7) is 0. The Hall–Kier alpha value is -3.35. The fourth-order valence-electron chi connectivity index (χ4n) is 3.32. The first-order valence-corrected chi connectivity index (χ1v) is 8.60. The molecule has 1 unspecified atom stereocenters. The van der Waals surface area contributed by atoms with Crippen LogP contribution in [0.3, 0.4) is 0 Å². The second-order valence-electron chi connectivity index (χ2n) is 6.50. The molecule has 1 N–H and O–H groups in total. The molecule has 1 aliphatic carbocycles. The fourth-order valence-corrected chi connectivity index (χ4v) is 3.32. The molecule has 0 saturated heterocycles. The summed E-state index contributed by atoms with van der Waals surface area (Å²) in [7, 11) is 0. The molecule has 0 radical (unpaired) electrons. The van der Waals surface area contributed by atoms with Gasteiger partial charge in [-0.2, -0.15) is 13.2 Å². The van der Waals surface area contributed by atoms with Gasteiger partial charge in [-0.25, -0.2) is 0 Å². The first kappa shape index (κ1) is 18.0. The third kappa shape index (κ3) is 3.19. The summed E-state index contributed by atoms with van der Waals surface area (Å²) < 4.78 is 39.1. The number of benzene rings is 2. The number of halogens is 3. The first-order chi connectivity index (χ1) is 13.3. The summed E-state index contributed by atoms with van der Waals surface area (Å²) in [5.41, 5.74) is 0.904. The number of aliphatic imine (C=N–C) groups is 1. The van der Waals surface area contributed by atoms with Crippen molar-refractivity contribution >= 4 is 23.0 Å². The summed E-state index contributed by atoms with van der Waals surface area (Å²) in [5.74, 6) is -0.461. The van der Waals surface area contributed by atoms with Crippen LogP contribution in [0.15, 0.2) is 77.3 Å². The summed E-state index contributed by atoms with van der Waals surface area (Å²) in [6, 6.07) is 12.4. The molecule has 0 spiro atoms. The Labute approximate surface area is 158 Å². The smallest absolute Gasteiger partial charge is 0.412 e. The monoisotopic (exact) mass is 384 g/mol. The average Bonchev–Trinajstić information content (AvgIpc) is 2.93. The Balaban J connectivity index is 1.75. The molecular formula is C21H15F3N2O2. The third-order valence-electron chi connectivity index (χ3n) is 4.62. The molecule has 142 valence electrons. The number of phenolic OH excluding ortho intramolecular Hbond substituents is 1. The predicted molar refractivity (Wildman–Crippen MR) is 99.9 cm³/mol. The van der Waals surface area contributed by atoms with Crippen LogP contribution in [-0.4, -0.2) is 28.9 Å². The van der Waals surface area contributed by atoms with Crippen LogP contribution in [0.25, 0.3) is 0 Å². The van der Waals surface area contributed by atoms with E-state index < -0.39 is 23.7 Å². The van der Waals surface area contributed by atoms with Crippen molar-refractivity contribution in [3.8, 4) is 5.75 Å². The number of rotatable bonds is 2. The number of allylic oxidation sites excluding steroid dienone is 2. The van der Waals surface area contributed by atoms with E-state index in [1.807, 2.05) is 0 Å². The van der Waals surface area contributed by atoms with Gasteiger partial charge in [0.05, 0.1) is 11.7 Å². The lowest BCUT2D eigenvalue weighted by atomic mass is 10.00. The van der Waals surface area contributed by atoms with E-state index in [9.17, 15) is 23.1 Å². The van der Waals surface area contributed by atoms with Gasteiger partial charge in [0.2, 0.25) is 0 Å². The number of fused-ring (bicyclic) bond motifs is 1. The Morgan fingerprint density at radius 2 is 1.86 bits per heavy atom. The second-order valence-corrected chi connectivity index (χ2v) is 6.50. The quantitative estimate of drug-likeness (QED) is 0.818. The topological polar surface area (TPSA) is 52.9 Å². The van der Waals surface area contributed by atoms with Crippen LogP contribution in [0, 0.1) is 0 Å². The Bertz CT molecular complexity index is 1020. The lowest BCUT2D eigenvalue weighted by Gasteiger charge is -2.18. The number of anilines is 2. The largest absolute Gasteiger partial charge is 0.508 e. The zero-order valence-corrected chi connectivity index (χ0v) is 14.5. The van der Waals surface area contributed by atoms with Gasteiger partial charge >= 0.3 is 6.18 Å². The molecular weight excluding hydrogens is 369 g/mol. The molecule has 4 rings (SSSR count). The van der Waals surface area contributed by atoms with Crippen LogP contribution in [0.5, 0.6) is 5.75 Å². The minimum atomic E-state index is -4.43. The van der Waals surface area contributed by atoms with Gasteiger partial charge in [0, 0.05) is 29.3 Å². The van der Waals surface area contributed by atoms with Gasteiger partial charge in [0.25, 0.3) is 5.91 Å². The molecule has 28 heavy (non-hydrogen) atoms. The molecule has 0 bridgehead atoms. The van der Waals surface area contributed by atoms with Crippen molar-refractivity contribution in [3.05, 3.63) is 77.9 Å². The SMILES string of the molecule is O=C1C(=NC2C=CC=C(C(F)(F)F)C2)c2ccc(O)cc2N1c1ccccc1. The van der Waals surface area contributed by atoms with Crippen LogP contribution >= 0.6 is 0 Å². The Morgan fingerprint density at radius 3 is 2.57 bits per heavy atom. The van der Waals surface area contributed by atoms with Crippen LogP contribution in [0.1, 0.15) is 12.0 Å². The standard InChI is InChI=1S/C21H15F3N2O2/c22-21(23,24)13-5-4-6-14(11-13)25-19-17-10-9-16(27)12-18(17)26(20(19)28)15-7-2-1-3-8-15/h1-10,12,14,27H,11H2. The van der Waals surface area contributed by atoms with Gasteiger partial charge in [0.1, 0.15) is 11.5 Å². The first-order valence-electron chi connectivity index (χ1n) is 8.60. The van der Waals surface area contributed by atoms with E-state index in [4.69, 9.17) is 0 Å². The van der Waals surface area contributed by atoms with Gasteiger partial charge in [-0.1, -0.05) is 36.4 Å². The van der Waals surface area contributed by atoms with Gasteiger partial charge in [-0.15, -0.1) is 0 Å². The van der Waals surface area contributed by atoms with Gasteiger partial charge in [-0.05, 0) is 24.3 Å². The Kier molecular flexibility index (Phi) is 4.30. The van der Waals surface area contributed by atoms with E-state index in [1.165, 1.54) is 23.1 Å². The van der Waals surface area contributed by atoms with E-state index in [2.05, 4.69) is 4.99 Å². The molecule has 1 heterocycles. The van der Waals surface area contributed by atoms with Crippen LogP contribution < -0.4 is 4.90 Å². The maximum Gasteiger partial charge on any atom is 0.412 e. The molecule has 1 amide bonds. The zero-order valence-electron chi connectivity index (χ0n) is 14.5. The summed E-state index contributed by atoms with van der Waals surface area (Å²) in [6.07, 6.45) is -0.873. The molecule has 0 aromatic heterocycles. The van der Waals surface area contributed by atoms with Crippen molar-refractivity contribution in [3.63, 3.8) is 0 Å². The van der Waals surface area contributed by atoms with Crippen molar-refractivity contribution in [1.29, 1.82) is 0 Å². The number of hydrogen-bond donors (Lipinski definition) is 1. The molecule has 2 aromatic carbocycles. The highest BCUT2D eigenvalue weighted by Crippen LogP contribution is 2.39. The van der Waals surface area contributed by atoms with Crippen molar-refractivity contribution in [1.82, 2.24) is 0 Å². The molecule has 7 heteroatoms. The number of para-hydroxylation sites is 1. The summed E-state index contributed by atoms with van der Waals surface area (Å²) >= 11 is 0. The predicted octanol–water partition coefficient (Wildman–Crippen LogP) is 4.68. The maximum atomic E-state index is 13.1. The lowest BCUT2D eigenvalue weighted by Crippen LogP contribution is -2.27. The highest BCUT2D eigenvalue weighted by atomic mass is 19.4. The van der Waals surface area contributed by atoms with E-state index in [0.717, 1.165) is 6.08 Å². The third-order valence-corrected chi connectivity index (χ3v) is 4.62. The molecule has 0 saturated carbocycles. The van der Waals surface area contributed by atoms with E-state index in [1.54, 1.807) is 42.5 Å². The van der Waals surface area contributed by atoms with Crippen molar-refractivity contribution < 1.29 is 23.1 Å². The van der Waals surface area contributed by atoms with E-state index in [-0.39, 0.29) is 17.9 Å². The zero-order chi connectivity index (χ0) is 19.9. The highest BCUT2D eigenvalue weighted by molar-refractivity contribution is 6.55. The Morgan fingerprint density at radius 1 is 1.11 bits per heavy atom. The molecule has 1 atom stereocenters. The summed E-state index contributed by atoms with van der Waals surface area (Å²) in [4.78, 5) is 18.8. The number of phenols is 1. The van der Waals surface area contributed by atoms with E-state index >= 15 is 0 Å². The number of alkyl halides is 3. The highest BCUT2D eigenvalue weighted by Gasteiger charge is 2.38. The number of carbonyl (C=O) groups is 1. The fraction of sp³-hybridized carbons (Fsp3) is 0.143. The number of nitrogens with zero attached hydrogens (tertiary/aromatic N) is 2. The number of amides is 1. The minimum absolute atomic E-state index is 0.0198. The van der Waals surface area contributed by atoms with Crippen LogP contribution in [0.4, 0.5) is 24.5 Å². The van der Waals surface area contributed by atoms with Crippen LogP contribution in [-0.2, 0) is 4.79 Å². The van der Waals surface area contributed by atoms with Crippen molar-refractivity contribution in [2.45, 2.75) is 18.6 Å². The average molecular weight is 384 g/mol. The maximum absolute atomic E-state index is 13.1. The van der Waals surface area contributed by atoms with Gasteiger partial charge in [0.15, 0.2) is 0 Å². The molecule has 0 fully saturated rings. The number of hydrogen-bond acceptors (Lipinski definition) is 3. The van der Waals surface area contributed by atoms with Gasteiger partial charge < -0.3 is 5.11 Å². The van der Waals surface area contributed by atoms with Gasteiger partial charge in [-0.3, -0.25) is 14.7 Å². The van der Waals surface area contributed by atoms with E-state index in [0.29, 0.717) is 16.9 Å². The normalized spacial score (nSPS) is 20.5. The molecule has 1 aliphatic heterocycles. The number of carbonyl (C=O) groups excluding carboxylic acids is 1. The molecule has 2 aromatic rings.